The lowest BCUT2D eigenvalue weighted by molar-refractivity contribution is -0.143. The molecule has 0 saturated carbocycles. The Labute approximate surface area is 134 Å². The van der Waals surface area contributed by atoms with Gasteiger partial charge in [-0.2, -0.15) is 0 Å². The lowest BCUT2D eigenvalue weighted by Crippen LogP contribution is -2.52. The van der Waals surface area contributed by atoms with Crippen molar-refractivity contribution < 1.29 is 23.5 Å². The fraction of sp³-hybridized carbons (Fsp3) is 0.500. The normalized spacial score (nSPS) is 16.0. The average molecular weight is 324 g/mol. The van der Waals surface area contributed by atoms with Gasteiger partial charge in [0, 0.05) is 39.2 Å². The predicted molar refractivity (Wildman–Crippen MR) is 81.9 cm³/mol. The number of nitrogens with zero attached hydrogens (tertiary/aromatic N) is 2. The van der Waals surface area contributed by atoms with Gasteiger partial charge in [0.05, 0.1) is 7.11 Å². The molecule has 0 aromatic heterocycles. The van der Waals surface area contributed by atoms with E-state index in [1.807, 2.05) is 0 Å². The fourth-order valence-electron chi connectivity index (χ4n) is 2.47. The summed E-state index contributed by atoms with van der Waals surface area (Å²) < 4.78 is 24.0. The molecule has 2 rings (SSSR count). The molecular weight excluding hydrogens is 303 g/mol. The molecule has 1 aromatic carbocycles. The minimum atomic E-state index is -0.730. The summed E-state index contributed by atoms with van der Waals surface area (Å²) in [6.45, 7) is 5.13. The molecule has 1 heterocycles. The van der Waals surface area contributed by atoms with Gasteiger partial charge in [0.1, 0.15) is 5.75 Å². The van der Waals surface area contributed by atoms with Gasteiger partial charge in [-0.15, -0.1) is 0 Å². The van der Waals surface area contributed by atoms with E-state index >= 15 is 0 Å². The third-order valence-electron chi connectivity index (χ3n) is 3.82. The summed E-state index contributed by atoms with van der Waals surface area (Å²) in [5, 5.41) is 0. The van der Waals surface area contributed by atoms with Gasteiger partial charge < -0.3 is 19.3 Å². The zero-order chi connectivity index (χ0) is 17.0. The first-order valence-corrected chi connectivity index (χ1v) is 7.47. The number of carbonyl (C=O) groups excluding carboxylic acids is 2. The summed E-state index contributed by atoms with van der Waals surface area (Å²) in [5.41, 5.74) is 0. The van der Waals surface area contributed by atoms with Crippen LogP contribution >= 0.6 is 0 Å². The smallest absolute Gasteiger partial charge is 0.263 e. The number of methoxy groups -OCH3 is 1. The molecule has 7 heteroatoms. The number of hydrogen-bond donors (Lipinski definition) is 0. The maximum absolute atomic E-state index is 13.6. The van der Waals surface area contributed by atoms with Gasteiger partial charge in [0.15, 0.2) is 17.7 Å². The SMILES string of the molecule is COc1ccc(OC(C)C(=O)N2CCN(C(C)=O)CC2)cc1F. The molecule has 0 N–H and O–H groups in total. The Hall–Kier alpha value is -2.31. The van der Waals surface area contributed by atoms with E-state index in [9.17, 15) is 14.0 Å². The largest absolute Gasteiger partial charge is 0.494 e. The standard InChI is InChI=1S/C16H21FN2O4/c1-11(23-13-4-5-15(22-3)14(17)10-13)16(21)19-8-6-18(7-9-19)12(2)20/h4-5,10-11H,6-9H2,1-3H3. The van der Waals surface area contributed by atoms with E-state index in [-0.39, 0.29) is 23.3 Å². The summed E-state index contributed by atoms with van der Waals surface area (Å²) in [6, 6.07) is 4.20. The molecule has 1 saturated heterocycles. The van der Waals surface area contributed by atoms with Crippen LogP contribution < -0.4 is 9.47 Å². The summed E-state index contributed by atoms with van der Waals surface area (Å²) in [4.78, 5) is 27.0. The first kappa shape index (κ1) is 17.1. The third kappa shape index (κ3) is 4.12. The van der Waals surface area contributed by atoms with Crippen LogP contribution in [0.15, 0.2) is 18.2 Å². The zero-order valence-corrected chi connectivity index (χ0v) is 13.5. The Morgan fingerprint density at radius 1 is 1.17 bits per heavy atom. The number of rotatable bonds is 4. The van der Waals surface area contributed by atoms with Crippen LogP contribution in [0.5, 0.6) is 11.5 Å². The molecule has 1 fully saturated rings. The van der Waals surface area contributed by atoms with Crippen molar-refractivity contribution in [3.8, 4) is 11.5 Å². The highest BCUT2D eigenvalue weighted by Crippen LogP contribution is 2.23. The van der Waals surface area contributed by atoms with Crippen molar-refractivity contribution in [2.24, 2.45) is 0 Å². The van der Waals surface area contributed by atoms with Crippen LogP contribution in [0, 0.1) is 5.82 Å². The number of amides is 2. The molecule has 0 bridgehead atoms. The maximum Gasteiger partial charge on any atom is 0.263 e. The first-order chi connectivity index (χ1) is 10.9. The highest BCUT2D eigenvalue weighted by atomic mass is 19.1. The number of halogens is 1. The molecule has 0 radical (unpaired) electrons. The number of benzene rings is 1. The quantitative estimate of drug-likeness (QED) is 0.837. The van der Waals surface area contributed by atoms with Gasteiger partial charge in [0.25, 0.3) is 5.91 Å². The molecule has 126 valence electrons. The van der Waals surface area contributed by atoms with Crippen molar-refractivity contribution in [1.29, 1.82) is 0 Å². The highest BCUT2D eigenvalue weighted by molar-refractivity contribution is 5.81. The minimum Gasteiger partial charge on any atom is -0.494 e. The second-order valence-electron chi connectivity index (χ2n) is 5.39. The van der Waals surface area contributed by atoms with Gasteiger partial charge in [-0.25, -0.2) is 4.39 Å². The number of ether oxygens (including phenoxy) is 2. The zero-order valence-electron chi connectivity index (χ0n) is 13.5. The Morgan fingerprint density at radius 2 is 1.78 bits per heavy atom. The van der Waals surface area contributed by atoms with E-state index in [0.717, 1.165) is 0 Å². The fourth-order valence-corrected chi connectivity index (χ4v) is 2.47. The van der Waals surface area contributed by atoms with Crippen LogP contribution in [0.1, 0.15) is 13.8 Å². The van der Waals surface area contributed by atoms with E-state index in [4.69, 9.17) is 9.47 Å². The molecule has 1 aliphatic rings. The van der Waals surface area contributed by atoms with Crippen LogP contribution in [0.25, 0.3) is 0 Å². The van der Waals surface area contributed by atoms with E-state index in [2.05, 4.69) is 0 Å². The molecular formula is C16H21FN2O4. The van der Waals surface area contributed by atoms with Crippen LogP contribution in [0.4, 0.5) is 4.39 Å². The summed E-state index contributed by atoms with van der Waals surface area (Å²) >= 11 is 0. The second kappa shape index (κ2) is 7.30. The van der Waals surface area contributed by atoms with Gasteiger partial charge in [0.2, 0.25) is 5.91 Å². The molecule has 0 spiro atoms. The topological polar surface area (TPSA) is 59.1 Å². The van der Waals surface area contributed by atoms with E-state index in [0.29, 0.717) is 26.2 Å². The Kier molecular flexibility index (Phi) is 5.41. The number of carbonyl (C=O) groups is 2. The predicted octanol–water partition coefficient (Wildman–Crippen LogP) is 1.29. The van der Waals surface area contributed by atoms with Crippen molar-refractivity contribution >= 4 is 11.8 Å². The van der Waals surface area contributed by atoms with Crippen LogP contribution in [0.3, 0.4) is 0 Å². The summed E-state index contributed by atoms with van der Waals surface area (Å²) in [7, 11) is 1.38. The monoisotopic (exact) mass is 324 g/mol. The minimum absolute atomic E-state index is 0.00936. The molecule has 1 aliphatic heterocycles. The van der Waals surface area contributed by atoms with Crippen LogP contribution in [0.2, 0.25) is 0 Å². The molecule has 6 nitrogen and oxygen atoms in total. The van der Waals surface area contributed by atoms with E-state index < -0.39 is 11.9 Å². The average Bonchev–Trinajstić information content (AvgIpc) is 2.54. The van der Waals surface area contributed by atoms with Gasteiger partial charge in [-0.05, 0) is 19.1 Å². The molecule has 1 aromatic rings. The van der Waals surface area contributed by atoms with Crippen molar-refractivity contribution in [2.75, 3.05) is 33.3 Å². The van der Waals surface area contributed by atoms with Gasteiger partial charge in [-0.3, -0.25) is 9.59 Å². The van der Waals surface area contributed by atoms with E-state index in [1.165, 1.54) is 26.2 Å². The molecule has 2 amide bonds. The number of piperazine rings is 1. The van der Waals surface area contributed by atoms with Crippen molar-refractivity contribution in [3.05, 3.63) is 24.0 Å². The molecule has 0 aliphatic carbocycles. The van der Waals surface area contributed by atoms with Gasteiger partial charge >= 0.3 is 0 Å². The summed E-state index contributed by atoms with van der Waals surface area (Å²) in [6.07, 6.45) is -0.730. The lowest BCUT2D eigenvalue weighted by atomic mass is 10.2. The first-order valence-electron chi connectivity index (χ1n) is 7.47. The molecule has 1 atom stereocenters. The maximum atomic E-state index is 13.6. The molecule has 1 unspecified atom stereocenters. The Bertz CT molecular complexity index is 585. The Balaban J connectivity index is 1.93. The van der Waals surface area contributed by atoms with Gasteiger partial charge in [-0.1, -0.05) is 0 Å². The number of hydrogen-bond acceptors (Lipinski definition) is 4. The Morgan fingerprint density at radius 3 is 2.30 bits per heavy atom. The lowest BCUT2D eigenvalue weighted by Gasteiger charge is -2.35. The van der Waals surface area contributed by atoms with Crippen LogP contribution in [-0.2, 0) is 9.59 Å². The second-order valence-corrected chi connectivity index (χ2v) is 5.39. The van der Waals surface area contributed by atoms with Crippen LogP contribution in [-0.4, -0.2) is 61.0 Å². The van der Waals surface area contributed by atoms with Crippen molar-refractivity contribution in [3.63, 3.8) is 0 Å². The van der Waals surface area contributed by atoms with E-state index in [1.54, 1.807) is 22.8 Å². The summed E-state index contributed by atoms with van der Waals surface area (Å²) in [5.74, 6) is -0.317. The van der Waals surface area contributed by atoms with Crippen molar-refractivity contribution in [2.45, 2.75) is 20.0 Å². The highest BCUT2D eigenvalue weighted by Gasteiger charge is 2.26. The van der Waals surface area contributed by atoms with Crippen molar-refractivity contribution in [1.82, 2.24) is 9.80 Å². The molecule has 23 heavy (non-hydrogen) atoms. The third-order valence-corrected chi connectivity index (χ3v) is 3.82.